The summed E-state index contributed by atoms with van der Waals surface area (Å²) in [7, 11) is 3.52. The van der Waals surface area contributed by atoms with Crippen LogP contribution >= 0.6 is 0 Å². The number of carbonyl (C=O) groups is 1. The van der Waals surface area contributed by atoms with Crippen LogP contribution < -0.4 is 10.1 Å². The number of nitrogens with one attached hydrogen (secondary N) is 1. The summed E-state index contributed by atoms with van der Waals surface area (Å²) in [6.07, 6.45) is 3.56. The van der Waals surface area contributed by atoms with Gasteiger partial charge in [-0.3, -0.25) is 4.79 Å². The number of hydrogen-bond donors (Lipinski definition) is 1. The highest BCUT2D eigenvalue weighted by molar-refractivity contribution is 5.97. The molecule has 8 heteroatoms. The number of aryl methyl sites for hydroxylation is 2. The monoisotopic (exact) mass is 390 g/mol. The number of aromatic nitrogens is 5. The zero-order valence-electron chi connectivity index (χ0n) is 16.5. The number of imidazole rings is 1. The van der Waals surface area contributed by atoms with Crippen molar-refractivity contribution in [2.75, 3.05) is 7.11 Å². The van der Waals surface area contributed by atoms with Crippen molar-refractivity contribution >= 4 is 16.9 Å². The van der Waals surface area contributed by atoms with Crippen LogP contribution in [0.25, 0.3) is 11.0 Å². The lowest BCUT2D eigenvalue weighted by Crippen LogP contribution is -2.31. The zero-order valence-corrected chi connectivity index (χ0v) is 16.5. The molecule has 0 aliphatic rings. The van der Waals surface area contributed by atoms with Gasteiger partial charge in [0.25, 0.3) is 5.91 Å². The number of nitrogens with zero attached hydrogens (tertiary/aromatic N) is 5. The van der Waals surface area contributed by atoms with E-state index in [1.807, 2.05) is 55.1 Å². The molecular formula is C21H22N6O2. The van der Waals surface area contributed by atoms with E-state index in [2.05, 4.69) is 20.6 Å². The van der Waals surface area contributed by atoms with Crippen LogP contribution in [0.3, 0.4) is 0 Å². The Morgan fingerprint density at radius 3 is 2.83 bits per heavy atom. The summed E-state index contributed by atoms with van der Waals surface area (Å²) in [5, 5.41) is 11.4. The van der Waals surface area contributed by atoms with Crippen molar-refractivity contribution in [3.05, 3.63) is 71.8 Å². The Kier molecular flexibility index (Phi) is 4.99. The maximum Gasteiger partial charge on any atom is 0.252 e. The van der Waals surface area contributed by atoms with Crippen molar-refractivity contribution in [1.29, 1.82) is 0 Å². The Morgan fingerprint density at radius 2 is 2.10 bits per heavy atom. The first-order chi connectivity index (χ1) is 14.1. The van der Waals surface area contributed by atoms with Crippen molar-refractivity contribution < 1.29 is 9.53 Å². The van der Waals surface area contributed by atoms with E-state index in [0.29, 0.717) is 16.8 Å². The van der Waals surface area contributed by atoms with Crippen LogP contribution in [-0.4, -0.2) is 37.6 Å². The molecule has 0 fully saturated rings. The fourth-order valence-corrected chi connectivity index (χ4v) is 3.33. The Hall–Kier alpha value is -3.68. The van der Waals surface area contributed by atoms with Crippen molar-refractivity contribution in [3.63, 3.8) is 0 Å². The fourth-order valence-electron chi connectivity index (χ4n) is 3.33. The number of ether oxygens (including phenoxy) is 1. The van der Waals surface area contributed by atoms with Crippen LogP contribution in [0.2, 0.25) is 0 Å². The Bertz CT molecular complexity index is 1160. The van der Waals surface area contributed by atoms with Crippen molar-refractivity contribution in [2.45, 2.75) is 19.5 Å². The molecule has 0 aliphatic heterocycles. The minimum absolute atomic E-state index is 0.214. The number of carbonyl (C=O) groups excluding carboxylic acids is 1. The average Bonchev–Trinajstić information content (AvgIpc) is 3.37. The predicted octanol–water partition coefficient (Wildman–Crippen LogP) is 2.71. The van der Waals surface area contributed by atoms with Crippen LogP contribution in [0.15, 0.2) is 54.9 Å². The zero-order chi connectivity index (χ0) is 20.4. The summed E-state index contributed by atoms with van der Waals surface area (Å²) in [6.45, 7) is 2.72. The van der Waals surface area contributed by atoms with Gasteiger partial charge in [0.2, 0.25) is 0 Å². The van der Waals surface area contributed by atoms with E-state index in [0.717, 1.165) is 23.4 Å². The van der Waals surface area contributed by atoms with Crippen LogP contribution in [0, 0.1) is 0 Å². The SMILES string of the molecule is CCn1nnc2cc(C(=O)NC(c3cccc(OC)c3)c3nccn3C)ccc21. The van der Waals surface area contributed by atoms with E-state index >= 15 is 0 Å². The highest BCUT2D eigenvalue weighted by atomic mass is 16.5. The molecule has 0 saturated heterocycles. The normalized spacial score (nSPS) is 12.1. The van der Waals surface area contributed by atoms with E-state index in [9.17, 15) is 4.79 Å². The summed E-state index contributed by atoms with van der Waals surface area (Å²) >= 11 is 0. The second-order valence-corrected chi connectivity index (χ2v) is 6.69. The molecule has 0 spiro atoms. The number of fused-ring (bicyclic) bond motifs is 1. The molecule has 0 aliphatic carbocycles. The molecule has 1 N–H and O–H groups in total. The fraction of sp³-hybridized carbons (Fsp3) is 0.238. The highest BCUT2D eigenvalue weighted by Crippen LogP contribution is 2.25. The van der Waals surface area contributed by atoms with Gasteiger partial charge in [-0.1, -0.05) is 17.3 Å². The molecule has 2 heterocycles. The molecule has 8 nitrogen and oxygen atoms in total. The first kappa shape index (κ1) is 18.7. The third kappa shape index (κ3) is 3.56. The topological polar surface area (TPSA) is 86.9 Å². The molecule has 2 aromatic heterocycles. The van der Waals surface area contributed by atoms with Crippen molar-refractivity contribution in [3.8, 4) is 5.75 Å². The Morgan fingerprint density at radius 1 is 1.24 bits per heavy atom. The van der Waals surface area contributed by atoms with Gasteiger partial charge in [-0.2, -0.15) is 0 Å². The number of rotatable bonds is 6. The summed E-state index contributed by atoms with van der Waals surface area (Å²) in [5.74, 6) is 1.23. The highest BCUT2D eigenvalue weighted by Gasteiger charge is 2.22. The van der Waals surface area contributed by atoms with Gasteiger partial charge in [-0.25, -0.2) is 9.67 Å². The Labute approximate surface area is 168 Å². The molecule has 29 heavy (non-hydrogen) atoms. The van der Waals surface area contributed by atoms with Crippen LogP contribution in [0.5, 0.6) is 5.75 Å². The second kappa shape index (κ2) is 7.75. The van der Waals surface area contributed by atoms with E-state index in [1.54, 1.807) is 30.1 Å². The summed E-state index contributed by atoms with van der Waals surface area (Å²) in [4.78, 5) is 17.5. The van der Waals surface area contributed by atoms with Gasteiger partial charge in [-0.15, -0.1) is 5.10 Å². The standard InChI is InChI=1S/C21H22N6O2/c1-4-27-18-9-8-15(13-17(18)24-25-27)21(28)23-19(20-22-10-11-26(20)2)14-6-5-7-16(12-14)29-3/h5-13,19H,4H2,1-3H3,(H,23,28). The molecule has 4 aromatic rings. The minimum atomic E-state index is -0.431. The number of amides is 1. The van der Waals surface area contributed by atoms with Gasteiger partial charge in [0, 0.05) is 31.5 Å². The Balaban J connectivity index is 1.68. The number of hydrogen-bond acceptors (Lipinski definition) is 5. The maximum absolute atomic E-state index is 13.1. The predicted molar refractivity (Wildman–Crippen MR) is 109 cm³/mol. The average molecular weight is 390 g/mol. The molecule has 1 atom stereocenters. The van der Waals surface area contributed by atoms with Crippen LogP contribution in [-0.2, 0) is 13.6 Å². The molecule has 1 amide bonds. The lowest BCUT2D eigenvalue weighted by molar-refractivity contribution is 0.0941. The molecule has 0 bridgehead atoms. The van der Waals surface area contributed by atoms with E-state index < -0.39 is 6.04 Å². The van der Waals surface area contributed by atoms with Gasteiger partial charge in [0.1, 0.15) is 23.1 Å². The molecule has 0 radical (unpaired) electrons. The van der Waals surface area contributed by atoms with Crippen LogP contribution in [0.4, 0.5) is 0 Å². The molecule has 4 rings (SSSR count). The maximum atomic E-state index is 13.1. The molecule has 148 valence electrons. The first-order valence-electron chi connectivity index (χ1n) is 9.36. The smallest absolute Gasteiger partial charge is 0.252 e. The third-order valence-corrected chi connectivity index (χ3v) is 4.89. The molecule has 0 saturated carbocycles. The van der Waals surface area contributed by atoms with Gasteiger partial charge < -0.3 is 14.6 Å². The van der Waals surface area contributed by atoms with E-state index in [-0.39, 0.29) is 5.91 Å². The quantitative estimate of drug-likeness (QED) is 0.547. The second-order valence-electron chi connectivity index (χ2n) is 6.69. The van der Waals surface area contributed by atoms with E-state index in [4.69, 9.17) is 4.74 Å². The minimum Gasteiger partial charge on any atom is -0.497 e. The van der Waals surface area contributed by atoms with Gasteiger partial charge >= 0.3 is 0 Å². The van der Waals surface area contributed by atoms with E-state index in [1.165, 1.54) is 0 Å². The number of methoxy groups -OCH3 is 1. The summed E-state index contributed by atoms with van der Waals surface area (Å²) in [6, 6.07) is 12.6. The lowest BCUT2D eigenvalue weighted by atomic mass is 10.0. The molecule has 2 aromatic carbocycles. The van der Waals surface area contributed by atoms with Gasteiger partial charge in [-0.05, 0) is 42.8 Å². The van der Waals surface area contributed by atoms with Gasteiger partial charge in [0.15, 0.2) is 0 Å². The summed E-state index contributed by atoms with van der Waals surface area (Å²) in [5.41, 5.74) is 2.99. The third-order valence-electron chi connectivity index (χ3n) is 4.89. The number of benzene rings is 2. The van der Waals surface area contributed by atoms with Crippen LogP contribution in [0.1, 0.15) is 34.7 Å². The van der Waals surface area contributed by atoms with Gasteiger partial charge in [0.05, 0.1) is 12.6 Å². The first-order valence-corrected chi connectivity index (χ1v) is 9.36. The van der Waals surface area contributed by atoms with Crippen molar-refractivity contribution in [1.82, 2.24) is 29.9 Å². The van der Waals surface area contributed by atoms with Crippen molar-refractivity contribution in [2.24, 2.45) is 7.05 Å². The molecular weight excluding hydrogens is 368 g/mol. The largest absolute Gasteiger partial charge is 0.497 e. The summed E-state index contributed by atoms with van der Waals surface area (Å²) < 4.78 is 9.03. The molecule has 1 unspecified atom stereocenters. The lowest BCUT2D eigenvalue weighted by Gasteiger charge is -2.20.